The lowest BCUT2D eigenvalue weighted by molar-refractivity contribution is -0.132. The number of unbranched alkanes of at least 4 members (excludes halogenated alkanes) is 1. The van der Waals surface area contributed by atoms with Crippen molar-refractivity contribution in [3.63, 3.8) is 0 Å². The molecule has 0 spiro atoms. The second kappa shape index (κ2) is 9.41. The number of benzene rings is 1. The van der Waals surface area contributed by atoms with E-state index in [0.717, 1.165) is 35.8 Å². The Morgan fingerprint density at radius 3 is 2.46 bits per heavy atom. The second-order valence-electron chi connectivity index (χ2n) is 7.45. The molecule has 0 N–H and O–H groups in total. The van der Waals surface area contributed by atoms with E-state index in [2.05, 4.69) is 22.9 Å². The van der Waals surface area contributed by atoms with Gasteiger partial charge in [-0.25, -0.2) is 0 Å². The van der Waals surface area contributed by atoms with Crippen molar-refractivity contribution in [2.24, 2.45) is 7.05 Å². The fraction of sp³-hybridized carbons (Fsp3) is 0.455. The summed E-state index contributed by atoms with van der Waals surface area (Å²) in [6.45, 7) is 3.56. The van der Waals surface area contributed by atoms with Crippen LogP contribution in [0.4, 0.5) is 0 Å². The average molecular weight is 446 g/mol. The minimum absolute atomic E-state index is 0.0204. The SMILES string of the molecule is CCCCN(Cc1cccn1C)C(=O)CN(C(=O)c1ccc(Br)cc1)C1CC1. The predicted octanol–water partition coefficient (Wildman–Crippen LogP) is 4.22. The van der Waals surface area contributed by atoms with Crippen LogP contribution in [-0.4, -0.2) is 45.3 Å². The van der Waals surface area contributed by atoms with E-state index < -0.39 is 0 Å². The molecule has 1 aliphatic carbocycles. The molecule has 0 unspecified atom stereocenters. The fourth-order valence-corrected chi connectivity index (χ4v) is 3.52. The normalized spacial score (nSPS) is 13.4. The molecule has 0 atom stereocenters. The van der Waals surface area contributed by atoms with Crippen LogP contribution in [0.1, 0.15) is 48.7 Å². The Bertz CT molecular complexity index is 811. The largest absolute Gasteiger partial charge is 0.353 e. The lowest BCUT2D eigenvalue weighted by atomic mass is 10.2. The van der Waals surface area contributed by atoms with Crippen molar-refractivity contribution >= 4 is 27.7 Å². The highest BCUT2D eigenvalue weighted by Crippen LogP contribution is 2.28. The molecular weight excluding hydrogens is 418 g/mol. The molecule has 2 aromatic rings. The van der Waals surface area contributed by atoms with E-state index in [1.165, 1.54) is 0 Å². The van der Waals surface area contributed by atoms with Crippen LogP contribution in [0.3, 0.4) is 0 Å². The fourth-order valence-electron chi connectivity index (χ4n) is 3.25. The molecule has 5 nitrogen and oxygen atoms in total. The van der Waals surface area contributed by atoms with Crippen LogP contribution < -0.4 is 0 Å². The molecule has 1 fully saturated rings. The first-order valence-corrected chi connectivity index (χ1v) is 10.7. The Labute approximate surface area is 175 Å². The van der Waals surface area contributed by atoms with Gasteiger partial charge in [0.25, 0.3) is 5.91 Å². The first kappa shape index (κ1) is 20.6. The summed E-state index contributed by atoms with van der Waals surface area (Å²) in [4.78, 5) is 29.8. The summed E-state index contributed by atoms with van der Waals surface area (Å²) in [6, 6.07) is 11.6. The number of aryl methyl sites for hydroxylation is 1. The van der Waals surface area contributed by atoms with Gasteiger partial charge in [0.15, 0.2) is 0 Å². The van der Waals surface area contributed by atoms with Crippen molar-refractivity contribution in [3.05, 3.63) is 58.3 Å². The zero-order valence-electron chi connectivity index (χ0n) is 16.6. The first-order chi connectivity index (χ1) is 13.5. The summed E-state index contributed by atoms with van der Waals surface area (Å²) in [5.74, 6) is -0.0373. The van der Waals surface area contributed by atoms with Gasteiger partial charge in [-0.2, -0.15) is 0 Å². The highest BCUT2D eigenvalue weighted by atomic mass is 79.9. The van der Waals surface area contributed by atoms with E-state index in [-0.39, 0.29) is 24.4 Å². The van der Waals surface area contributed by atoms with Gasteiger partial charge < -0.3 is 14.4 Å². The molecule has 0 radical (unpaired) electrons. The zero-order valence-corrected chi connectivity index (χ0v) is 18.2. The summed E-state index contributed by atoms with van der Waals surface area (Å²) >= 11 is 3.40. The van der Waals surface area contributed by atoms with Crippen molar-refractivity contribution in [1.29, 1.82) is 0 Å². The number of nitrogens with zero attached hydrogens (tertiary/aromatic N) is 3. The predicted molar refractivity (Wildman–Crippen MR) is 114 cm³/mol. The van der Waals surface area contributed by atoms with Gasteiger partial charge in [0.1, 0.15) is 6.54 Å². The molecular formula is C22H28BrN3O2. The van der Waals surface area contributed by atoms with Gasteiger partial charge in [-0.3, -0.25) is 9.59 Å². The van der Waals surface area contributed by atoms with Crippen molar-refractivity contribution in [1.82, 2.24) is 14.4 Å². The molecule has 3 rings (SSSR count). The standard InChI is InChI=1S/C22H28BrN3O2/c1-3-4-14-25(15-20-6-5-13-24(20)2)21(27)16-26(19-11-12-19)22(28)17-7-9-18(23)10-8-17/h5-10,13,19H,3-4,11-12,14-16H2,1-2H3. The lowest BCUT2D eigenvalue weighted by Crippen LogP contribution is -2.44. The van der Waals surface area contributed by atoms with Gasteiger partial charge in [0, 0.05) is 41.6 Å². The molecule has 1 aliphatic rings. The molecule has 1 aromatic heterocycles. The third-order valence-electron chi connectivity index (χ3n) is 5.18. The van der Waals surface area contributed by atoms with E-state index in [9.17, 15) is 9.59 Å². The first-order valence-electron chi connectivity index (χ1n) is 9.94. The number of carbonyl (C=O) groups excluding carboxylic acids is 2. The van der Waals surface area contributed by atoms with E-state index in [4.69, 9.17) is 0 Å². The Morgan fingerprint density at radius 2 is 1.89 bits per heavy atom. The molecule has 0 aliphatic heterocycles. The van der Waals surface area contributed by atoms with Gasteiger partial charge in [-0.15, -0.1) is 0 Å². The smallest absolute Gasteiger partial charge is 0.254 e. The van der Waals surface area contributed by atoms with Crippen molar-refractivity contribution in [2.75, 3.05) is 13.1 Å². The molecule has 0 saturated heterocycles. The summed E-state index contributed by atoms with van der Waals surface area (Å²) in [7, 11) is 1.99. The molecule has 28 heavy (non-hydrogen) atoms. The minimum atomic E-state index is -0.0577. The second-order valence-corrected chi connectivity index (χ2v) is 8.37. The van der Waals surface area contributed by atoms with Gasteiger partial charge in [-0.05, 0) is 55.7 Å². The summed E-state index contributed by atoms with van der Waals surface area (Å²) in [5.41, 5.74) is 1.73. The maximum Gasteiger partial charge on any atom is 0.254 e. The highest BCUT2D eigenvalue weighted by Gasteiger charge is 2.35. The number of carbonyl (C=O) groups is 2. The maximum absolute atomic E-state index is 13.1. The van der Waals surface area contributed by atoms with Crippen molar-refractivity contribution in [3.8, 4) is 0 Å². The van der Waals surface area contributed by atoms with Crippen LogP contribution in [0.5, 0.6) is 0 Å². The van der Waals surface area contributed by atoms with Crippen LogP contribution >= 0.6 is 15.9 Å². The van der Waals surface area contributed by atoms with Gasteiger partial charge >= 0.3 is 0 Å². The summed E-state index contributed by atoms with van der Waals surface area (Å²) < 4.78 is 2.98. The van der Waals surface area contributed by atoms with Crippen LogP contribution in [-0.2, 0) is 18.4 Å². The Morgan fingerprint density at radius 1 is 1.18 bits per heavy atom. The topological polar surface area (TPSA) is 45.6 Å². The van der Waals surface area contributed by atoms with Crippen molar-refractivity contribution < 1.29 is 9.59 Å². The quantitative estimate of drug-likeness (QED) is 0.579. The van der Waals surface area contributed by atoms with Crippen molar-refractivity contribution in [2.45, 2.75) is 45.2 Å². The van der Waals surface area contributed by atoms with Gasteiger partial charge in [0.2, 0.25) is 5.91 Å². The van der Waals surface area contributed by atoms with Gasteiger partial charge in [-0.1, -0.05) is 29.3 Å². The van der Waals surface area contributed by atoms with Crippen LogP contribution in [0.15, 0.2) is 47.1 Å². The minimum Gasteiger partial charge on any atom is -0.353 e. The van der Waals surface area contributed by atoms with E-state index in [1.54, 1.807) is 4.90 Å². The molecule has 0 bridgehead atoms. The van der Waals surface area contributed by atoms with Crippen LogP contribution in [0.25, 0.3) is 0 Å². The third-order valence-corrected chi connectivity index (χ3v) is 5.71. The van der Waals surface area contributed by atoms with Gasteiger partial charge in [0.05, 0.1) is 6.54 Å². The van der Waals surface area contributed by atoms with E-state index in [0.29, 0.717) is 18.7 Å². The molecule has 1 saturated carbocycles. The Hall–Kier alpha value is -2.08. The Kier molecular flexibility index (Phi) is 6.94. The molecule has 2 amide bonds. The monoisotopic (exact) mass is 445 g/mol. The zero-order chi connectivity index (χ0) is 20.1. The summed E-state index contributed by atoms with van der Waals surface area (Å²) in [6.07, 6.45) is 5.93. The van der Waals surface area contributed by atoms with Crippen LogP contribution in [0, 0.1) is 0 Å². The summed E-state index contributed by atoms with van der Waals surface area (Å²) in [5, 5.41) is 0. The Balaban J connectivity index is 1.72. The lowest BCUT2D eigenvalue weighted by Gasteiger charge is -2.28. The molecule has 150 valence electrons. The molecule has 1 aromatic carbocycles. The number of rotatable bonds is 9. The molecule has 6 heteroatoms. The third kappa shape index (κ3) is 5.25. The number of hydrogen-bond donors (Lipinski definition) is 0. The number of halogens is 1. The van der Waals surface area contributed by atoms with E-state index in [1.807, 2.05) is 59.1 Å². The van der Waals surface area contributed by atoms with Crippen LogP contribution in [0.2, 0.25) is 0 Å². The average Bonchev–Trinajstić information content (AvgIpc) is 3.45. The van der Waals surface area contributed by atoms with E-state index >= 15 is 0 Å². The molecule has 1 heterocycles. The number of amides is 2. The number of hydrogen-bond acceptors (Lipinski definition) is 2. The number of aromatic nitrogens is 1. The maximum atomic E-state index is 13.1. The highest BCUT2D eigenvalue weighted by molar-refractivity contribution is 9.10.